The molecule has 0 saturated heterocycles. The second kappa shape index (κ2) is 5.62. The summed E-state index contributed by atoms with van der Waals surface area (Å²) in [5.41, 5.74) is 12.4. The molecular formula is C12H14N6. The first-order chi connectivity index (χ1) is 8.74. The third kappa shape index (κ3) is 3.44. The molecule has 1 aromatic carbocycles. The molecule has 0 aliphatic heterocycles. The largest absolute Gasteiger partial charge is 0.369 e. The van der Waals surface area contributed by atoms with E-state index < -0.39 is 0 Å². The topological polar surface area (TPSA) is 94.6 Å². The molecule has 1 heterocycles. The van der Waals surface area contributed by atoms with E-state index in [0.717, 1.165) is 17.7 Å². The molecule has 92 valence electrons. The summed E-state index contributed by atoms with van der Waals surface area (Å²) in [6.45, 7) is 0.719. The zero-order valence-electron chi connectivity index (χ0n) is 9.77. The van der Waals surface area contributed by atoms with E-state index in [4.69, 9.17) is 11.5 Å². The SMILES string of the molecule is NC(N)=NN=Cc1cccc(Cn2cccn2)c1. The number of rotatable bonds is 4. The minimum absolute atomic E-state index is 0.0565. The Morgan fingerprint density at radius 1 is 1.33 bits per heavy atom. The van der Waals surface area contributed by atoms with Gasteiger partial charge in [-0.05, 0) is 23.3 Å². The van der Waals surface area contributed by atoms with Crippen LogP contribution in [0.5, 0.6) is 0 Å². The number of hydrogen-bond acceptors (Lipinski definition) is 3. The highest BCUT2D eigenvalue weighted by Crippen LogP contribution is 2.05. The van der Waals surface area contributed by atoms with Crippen LogP contribution in [0.1, 0.15) is 11.1 Å². The molecule has 0 fully saturated rings. The summed E-state index contributed by atoms with van der Waals surface area (Å²) < 4.78 is 1.85. The predicted octanol–water partition coefficient (Wildman–Crippen LogP) is 0.539. The predicted molar refractivity (Wildman–Crippen MR) is 71.2 cm³/mol. The zero-order chi connectivity index (χ0) is 12.8. The van der Waals surface area contributed by atoms with Gasteiger partial charge in [-0.1, -0.05) is 18.2 Å². The van der Waals surface area contributed by atoms with E-state index in [1.807, 2.05) is 41.2 Å². The first kappa shape index (κ1) is 11.8. The summed E-state index contributed by atoms with van der Waals surface area (Å²) in [6, 6.07) is 9.81. The highest BCUT2D eigenvalue weighted by atomic mass is 15.3. The molecule has 2 rings (SSSR count). The third-order valence-corrected chi connectivity index (χ3v) is 2.23. The smallest absolute Gasteiger partial charge is 0.211 e. The molecule has 0 amide bonds. The van der Waals surface area contributed by atoms with Gasteiger partial charge in [0.1, 0.15) is 0 Å². The van der Waals surface area contributed by atoms with Crippen molar-refractivity contribution in [3.63, 3.8) is 0 Å². The molecule has 0 radical (unpaired) electrons. The van der Waals surface area contributed by atoms with Gasteiger partial charge in [-0.25, -0.2) is 0 Å². The van der Waals surface area contributed by atoms with Crippen LogP contribution in [0, 0.1) is 0 Å². The van der Waals surface area contributed by atoms with Crippen molar-refractivity contribution < 1.29 is 0 Å². The lowest BCUT2D eigenvalue weighted by molar-refractivity contribution is 0.687. The standard InChI is InChI=1S/C12H14N6/c13-12(14)17-15-8-10-3-1-4-11(7-10)9-18-6-2-5-16-18/h1-8H,9H2,(H4,13,14,17). The highest BCUT2D eigenvalue weighted by molar-refractivity contribution is 5.81. The number of benzene rings is 1. The van der Waals surface area contributed by atoms with Gasteiger partial charge < -0.3 is 11.5 Å². The summed E-state index contributed by atoms with van der Waals surface area (Å²) in [5, 5.41) is 11.5. The molecule has 0 unspecified atom stereocenters. The van der Waals surface area contributed by atoms with E-state index in [1.54, 1.807) is 12.4 Å². The Bertz CT molecular complexity index is 552. The Morgan fingerprint density at radius 2 is 2.22 bits per heavy atom. The van der Waals surface area contributed by atoms with Crippen LogP contribution in [-0.4, -0.2) is 22.0 Å². The normalized spacial score (nSPS) is 10.7. The fraction of sp³-hybridized carbons (Fsp3) is 0.0833. The molecule has 0 atom stereocenters. The lowest BCUT2D eigenvalue weighted by Crippen LogP contribution is -2.21. The average molecular weight is 242 g/mol. The van der Waals surface area contributed by atoms with Gasteiger partial charge in [0.15, 0.2) is 0 Å². The van der Waals surface area contributed by atoms with E-state index in [0.29, 0.717) is 0 Å². The van der Waals surface area contributed by atoms with Gasteiger partial charge in [0, 0.05) is 12.4 Å². The van der Waals surface area contributed by atoms with E-state index in [1.165, 1.54) is 0 Å². The maximum atomic E-state index is 5.18. The fourth-order valence-corrected chi connectivity index (χ4v) is 1.52. The molecule has 0 saturated carbocycles. The Morgan fingerprint density at radius 3 is 2.94 bits per heavy atom. The molecule has 0 bridgehead atoms. The highest BCUT2D eigenvalue weighted by Gasteiger charge is 1.96. The summed E-state index contributed by atoms with van der Waals surface area (Å²) in [4.78, 5) is 0. The summed E-state index contributed by atoms with van der Waals surface area (Å²) in [5.74, 6) is -0.0565. The second-order valence-corrected chi connectivity index (χ2v) is 3.72. The van der Waals surface area contributed by atoms with Crippen molar-refractivity contribution in [2.24, 2.45) is 21.7 Å². The molecule has 6 heteroatoms. The number of nitrogens with zero attached hydrogens (tertiary/aromatic N) is 4. The minimum atomic E-state index is -0.0565. The van der Waals surface area contributed by atoms with Crippen LogP contribution in [-0.2, 0) is 6.54 Å². The number of guanidine groups is 1. The molecule has 2 aromatic rings. The number of nitrogens with two attached hydrogens (primary N) is 2. The van der Waals surface area contributed by atoms with Crippen molar-refractivity contribution in [2.75, 3.05) is 0 Å². The third-order valence-electron chi connectivity index (χ3n) is 2.23. The molecule has 4 N–H and O–H groups in total. The lowest BCUT2D eigenvalue weighted by Gasteiger charge is -2.02. The van der Waals surface area contributed by atoms with Crippen molar-refractivity contribution in [3.8, 4) is 0 Å². The van der Waals surface area contributed by atoms with Crippen LogP contribution in [0.25, 0.3) is 0 Å². The molecule has 1 aromatic heterocycles. The van der Waals surface area contributed by atoms with Crippen LogP contribution in [0.4, 0.5) is 0 Å². The van der Waals surface area contributed by atoms with E-state index in [2.05, 4.69) is 15.3 Å². The van der Waals surface area contributed by atoms with E-state index in [9.17, 15) is 0 Å². The van der Waals surface area contributed by atoms with Gasteiger partial charge in [0.2, 0.25) is 5.96 Å². The van der Waals surface area contributed by atoms with Gasteiger partial charge in [0.05, 0.1) is 12.8 Å². The molecule has 0 aliphatic rings. The maximum absolute atomic E-state index is 5.18. The molecule has 18 heavy (non-hydrogen) atoms. The Hall–Kier alpha value is -2.63. The molecular weight excluding hydrogens is 228 g/mol. The second-order valence-electron chi connectivity index (χ2n) is 3.72. The zero-order valence-corrected chi connectivity index (χ0v) is 9.77. The van der Waals surface area contributed by atoms with Crippen LogP contribution in [0.15, 0.2) is 52.9 Å². The fourth-order valence-electron chi connectivity index (χ4n) is 1.52. The van der Waals surface area contributed by atoms with Crippen LogP contribution in [0.3, 0.4) is 0 Å². The first-order valence-electron chi connectivity index (χ1n) is 5.42. The van der Waals surface area contributed by atoms with Crippen LogP contribution in [0.2, 0.25) is 0 Å². The van der Waals surface area contributed by atoms with Crippen molar-refractivity contribution >= 4 is 12.2 Å². The molecule has 6 nitrogen and oxygen atoms in total. The minimum Gasteiger partial charge on any atom is -0.369 e. The summed E-state index contributed by atoms with van der Waals surface area (Å²) in [6.07, 6.45) is 5.27. The van der Waals surface area contributed by atoms with Crippen LogP contribution < -0.4 is 11.5 Å². The Labute approximate surface area is 105 Å². The van der Waals surface area contributed by atoms with Gasteiger partial charge in [-0.2, -0.15) is 10.2 Å². The maximum Gasteiger partial charge on any atom is 0.211 e. The van der Waals surface area contributed by atoms with Gasteiger partial charge in [-0.3, -0.25) is 4.68 Å². The van der Waals surface area contributed by atoms with Crippen molar-refractivity contribution in [1.82, 2.24) is 9.78 Å². The lowest BCUT2D eigenvalue weighted by atomic mass is 10.1. The number of hydrogen-bond donors (Lipinski definition) is 2. The van der Waals surface area contributed by atoms with Crippen molar-refractivity contribution in [1.29, 1.82) is 0 Å². The average Bonchev–Trinajstić information content (AvgIpc) is 2.82. The van der Waals surface area contributed by atoms with Gasteiger partial charge in [-0.15, -0.1) is 5.10 Å². The molecule has 0 spiro atoms. The summed E-state index contributed by atoms with van der Waals surface area (Å²) in [7, 11) is 0. The van der Waals surface area contributed by atoms with Crippen molar-refractivity contribution in [2.45, 2.75) is 6.54 Å². The van der Waals surface area contributed by atoms with E-state index >= 15 is 0 Å². The number of aromatic nitrogens is 2. The van der Waals surface area contributed by atoms with Crippen LogP contribution >= 0.6 is 0 Å². The monoisotopic (exact) mass is 242 g/mol. The Balaban J connectivity index is 2.10. The van der Waals surface area contributed by atoms with Gasteiger partial charge >= 0.3 is 0 Å². The van der Waals surface area contributed by atoms with Gasteiger partial charge in [0.25, 0.3) is 0 Å². The van der Waals surface area contributed by atoms with E-state index in [-0.39, 0.29) is 5.96 Å². The first-order valence-corrected chi connectivity index (χ1v) is 5.42. The van der Waals surface area contributed by atoms with Crippen molar-refractivity contribution in [3.05, 3.63) is 53.9 Å². The Kier molecular flexibility index (Phi) is 3.70. The molecule has 0 aliphatic carbocycles. The summed E-state index contributed by atoms with van der Waals surface area (Å²) >= 11 is 0. The quantitative estimate of drug-likeness (QED) is 0.465.